The first-order valence-electron chi connectivity index (χ1n) is 8.58. The number of nitrogens with one attached hydrogen (secondary N) is 2. The Morgan fingerprint density at radius 1 is 1.28 bits per heavy atom. The molecule has 128 valence electrons. The summed E-state index contributed by atoms with van der Waals surface area (Å²) in [5, 5.41) is 3.97. The van der Waals surface area contributed by atoms with Crippen molar-refractivity contribution >= 4 is 22.7 Å². The van der Waals surface area contributed by atoms with Crippen molar-refractivity contribution in [2.24, 2.45) is 0 Å². The van der Waals surface area contributed by atoms with Crippen molar-refractivity contribution in [1.82, 2.24) is 10.3 Å². The van der Waals surface area contributed by atoms with Crippen LogP contribution in [-0.4, -0.2) is 16.7 Å². The Labute approximate surface area is 145 Å². The standard InChI is InChI=1S/C20H20N2O3/c1-11-18-14(7-5-8-15(18)23)22-19(11)20(24)21-12(2)17-10-13-6-3-4-9-16(13)25-17/h3-4,6,9-10,12,22H,5,7-8H2,1-2H3,(H,21,24). The molecular formula is C20H20N2O3. The van der Waals surface area contributed by atoms with E-state index in [4.69, 9.17) is 4.42 Å². The maximum atomic E-state index is 12.7. The minimum Gasteiger partial charge on any atom is -0.459 e. The second-order valence-corrected chi connectivity index (χ2v) is 6.64. The fourth-order valence-electron chi connectivity index (χ4n) is 3.56. The van der Waals surface area contributed by atoms with Gasteiger partial charge < -0.3 is 14.7 Å². The van der Waals surface area contributed by atoms with E-state index in [0.717, 1.165) is 35.1 Å². The lowest BCUT2D eigenvalue weighted by Gasteiger charge is -2.11. The number of rotatable bonds is 3. The van der Waals surface area contributed by atoms with Crippen molar-refractivity contribution in [2.45, 2.75) is 39.2 Å². The van der Waals surface area contributed by atoms with Gasteiger partial charge in [0.2, 0.25) is 0 Å². The summed E-state index contributed by atoms with van der Waals surface area (Å²) in [6.07, 6.45) is 2.21. The number of Topliss-reactive ketones (excluding diaryl/α,β-unsaturated/α-hetero) is 1. The van der Waals surface area contributed by atoms with Crippen LogP contribution in [0.1, 0.15) is 63.7 Å². The number of aromatic amines is 1. The van der Waals surface area contributed by atoms with Crippen molar-refractivity contribution in [3.05, 3.63) is 58.6 Å². The van der Waals surface area contributed by atoms with Gasteiger partial charge in [0, 0.05) is 23.1 Å². The highest BCUT2D eigenvalue weighted by molar-refractivity contribution is 6.04. The molecule has 2 N–H and O–H groups in total. The lowest BCUT2D eigenvalue weighted by atomic mass is 9.94. The first kappa shape index (κ1) is 15.7. The molecule has 2 aromatic heterocycles. The van der Waals surface area contributed by atoms with Gasteiger partial charge in [-0.1, -0.05) is 18.2 Å². The molecule has 1 aliphatic carbocycles. The van der Waals surface area contributed by atoms with Gasteiger partial charge in [-0.15, -0.1) is 0 Å². The van der Waals surface area contributed by atoms with Gasteiger partial charge in [0.15, 0.2) is 5.78 Å². The van der Waals surface area contributed by atoms with E-state index >= 15 is 0 Å². The van der Waals surface area contributed by atoms with Crippen LogP contribution in [-0.2, 0) is 6.42 Å². The fraction of sp³-hybridized carbons (Fsp3) is 0.300. The zero-order valence-corrected chi connectivity index (χ0v) is 14.3. The number of aryl methyl sites for hydroxylation is 1. The number of furan rings is 1. The molecule has 1 atom stereocenters. The Bertz CT molecular complexity index is 947. The summed E-state index contributed by atoms with van der Waals surface area (Å²) in [5.74, 6) is 0.617. The molecule has 0 radical (unpaired) electrons. The van der Waals surface area contributed by atoms with E-state index in [1.54, 1.807) is 0 Å². The van der Waals surface area contributed by atoms with Gasteiger partial charge in [-0.2, -0.15) is 0 Å². The Morgan fingerprint density at radius 3 is 2.84 bits per heavy atom. The van der Waals surface area contributed by atoms with Crippen molar-refractivity contribution < 1.29 is 14.0 Å². The van der Waals surface area contributed by atoms with Crippen molar-refractivity contribution in [3.8, 4) is 0 Å². The summed E-state index contributed by atoms with van der Waals surface area (Å²) in [7, 11) is 0. The van der Waals surface area contributed by atoms with E-state index in [0.29, 0.717) is 23.4 Å². The highest BCUT2D eigenvalue weighted by atomic mass is 16.3. The minimum atomic E-state index is -0.268. The van der Waals surface area contributed by atoms with Crippen LogP contribution >= 0.6 is 0 Å². The van der Waals surface area contributed by atoms with Gasteiger partial charge in [0.05, 0.1) is 6.04 Å². The molecule has 2 heterocycles. The van der Waals surface area contributed by atoms with Crippen LogP contribution in [0.15, 0.2) is 34.7 Å². The average molecular weight is 336 g/mol. The molecular weight excluding hydrogens is 316 g/mol. The maximum Gasteiger partial charge on any atom is 0.268 e. The number of hydrogen-bond acceptors (Lipinski definition) is 3. The predicted molar refractivity (Wildman–Crippen MR) is 94.9 cm³/mol. The molecule has 0 aliphatic heterocycles. The number of carbonyl (C=O) groups is 2. The number of fused-ring (bicyclic) bond motifs is 2. The number of H-pyrrole nitrogens is 1. The normalized spacial score (nSPS) is 15.2. The van der Waals surface area contributed by atoms with Crippen LogP contribution in [0.3, 0.4) is 0 Å². The topological polar surface area (TPSA) is 75.1 Å². The Balaban J connectivity index is 1.58. The first-order valence-corrected chi connectivity index (χ1v) is 8.58. The number of ketones is 1. The molecule has 5 nitrogen and oxygen atoms in total. The first-order chi connectivity index (χ1) is 12.0. The van der Waals surface area contributed by atoms with Gasteiger partial charge in [-0.25, -0.2) is 0 Å². The summed E-state index contributed by atoms with van der Waals surface area (Å²) >= 11 is 0. The summed E-state index contributed by atoms with van der Waals surface area (Å²) in [5.41, 5.74) is 3.61. The fourth-order valence-corrected chi connectivity index (χ4v) is 3.56. The molecule has 1 aromatic carbocycles. The summed E-state index contributed by atoms with van der Waals surface area (Å²) < 4.78 is 5.82. The van der Waals surface area contributed by atoms with Crippen LogP contribution in [0.25, 0.3) is 11.0 Å². The van der Waals surface area contributed by atoms with Crippen LogP contribution in [0.5, 0.6) is 0 Å². The van der Waals surface area contributed by atoms with E-state index in [-0.39, 0.29) is 17.7 Å². The molecule has 1 unspecified atom stereocenters. The van der Waals surface area contributed by atoms with Crippen LogP contribution < -0.4 is 5.32 Å². The van der Waals surface area contributed by atoms with Gasteiger partial charge in [0.25, 0.3) is 5.91 Å². The minimum absolute atomic E-state index is 0.124. The molecule has 1 amide bonds. The lowest BCUT2D eigenvalue weighted by molar-refractivity contribution is 0.0930. The molecule has 5 heteroatoms. The zero-order chi connectivity index (χ0) is 17.6. The SMILES string of the molecule is Cc1c(C(=O)NC(C)c2cc3ccccc3o2)[nH]c2c1C(=O)CCC2. The zero-order valence-electron chi connectivity index (χ0n) is 14.3. The van der Waals surface area contributed by atoms with Crippen LogP contribution in [0.2, 0.25) is 0 Å². The number of para-hydroxylation sites is 1. The third-order valence-electron chi connectivity index (χ3n) is 4.88. The highest BCUT2D eigenvalue weighted by Crippen LogP contribution is 2.27. The summed E-state index contributed by atoms with van der Waals surface area (Å²) in [4.78, 5) is 28.0. The Hall–Kier alpha value is -2.82. The number of amides is 1. The monoisotopic (exact) mass is 336 g/mol. The molecule has 0 spiro atoms. The average Bonchev–Trinajstić information content (AvgIpc) is 3.17. The Morgan fingerprint density at radius 2 is 2.08 bits per heavy atom. The number of hydrogen-bond donors (Lipinski definition) is 2. The van der Waals surface area contributed by atoms with Gasteiger partial charge in [-0.05, 0) is 44.4 Å². The number of carbonyl (C=O) groups excluding carboxylic acids is 2. The van der Waals surface area contributed by atoms with Gasteiger partial charge in [-0.3, -0.25) is 9.59 Å². The number of benzene rings is 1. The molecule has 0 saturated carbocycles. The van der Waals surface area contributed by atoms with Crippen molar-refractivity contribution in [2.75, 3.05) is 0 Å². The number of aromatic nitrogens is 1. The molecule has 25 heavy (non-hydrogen) atoms. The quantitative estimate of drug-likeness (QED) is 0.757. The Kier molecular flexibility index (Phi) is 3.71. The largest absolute Gasteiger partial charge is 0.459 e. The molecule has 0 bridgehead atoms. The van der Waals surface area contributed by atoms with E-state index < -0.39 is 0 Å². The smallest absolute Gasteiger partial charge is 0.268 e. The van der Waals surface area contributed by atoms with Crippen molar-refractivity contribution in [1.29, 1.82) is 0 Å². The van der Waals surface area contributed by atoms with E-state index in [1.807, 2.05) is 44.2 Å². The summed E-state index contributed by atoms with van der Waals surface area (Å²) in [6, 6.07) is 9.43. The van der Waals surface area contributed by atoms with E-state index in [9.17, 15) is 9.59 Å². The lowest BCUT2D eigenvalue weighted by Crippen LogP contribution is -2.27. The van der Waals surface area contributed by atoms with Crippen LogP contribution in [0.4, 0.5) is 0 Å². The van der Waals surface area contributed by atoms with Gasteiger partial charge in [0.1, 0.15) is 17.0 Å². The molecule has 4 rings (SSSR count). The van der Waals surface area contributed by atoms with E-state index in [2.05, 4.69) is 10.3 Å². The van der Waals surface area contributed by atoms with E-state index in [1.165, 1.54) is 0 Å². The van der Waals surface area contributed by atoms with Gasteiger partial charge >= 0.3 is 0 Å². The second kappa shape index (κ2) is 5.92. The molecule has 0 fully saturated rings. The molecule has 1 aliphatic rings. The predicted octanol–water partition coefficient (Wildman–Crippen LogP) is 4.08. The molecule has 0 saturated heterocycles. The molecule has 3 aromatic rings. The van der Waals surface area contributed by atoms with Crippen molar-refractivity contribution in [3.63, 3.8) is 0 Å². The second-order valence-electron chi connectivity index (χ2n) is 6.64. The highest BCUT2D eigenvalue weighted by Gasteiger charge is 2.27. The third-order valence-corrected chi connectivity index (χ3v) is 4.88. The maximum absolute atomic E-state index is 12.7. The summed E-state index contributed by atoms with van der Waals surface area (Å²) in [6.45, 7) is 3.72. The third kappa shape index (κ3) is 2.65. The van der Waals surface area contributed by atoms with Crippen LogP contribution in [0, 0.1) is 6.92 Å².